The van der Waals surface area contributed by atoms with Crippen LogP contribution in [0.5, 0.6) is 0 Å². The lowest BCUT2D eigenvalue weighted by Crippen LogP contribution is -2.49. The van der Waals surface area contributed by atoms with E-state index in [1.54, 1.807) is 7.05 Å². The lowest BCUT2D eigenvalue weighted by atomic mass is 9.88. The Morgan fingerprint density at radius 1 is 1.46 bits per heavy atom. The monoisotopic (exact) mass is 350 g/mol. The van der Waals surface area contributed by atoms with Gasteiger partial charge in [0, 0.05) is 18.0 Å². The van der Waals surface area contributed by atoms with Crippen LogP contribution in [-0.4, -0.2) is 34.5 Å². The summed E-state index contributed by atoms with van der Waals surface area (Å²) in [6.07, 6.45) is 2.24. The summed E-state index contributed by atoms with van der Waals surface area (Å²) in [7, 11) is 1.67. The highest BCUT2D eigenvalue weighted by Crippen LogP contribution is 2.52. The van der Waals surface area contributed by atoms with Gasteiger partial charge in [-0.3, -0.25) is 9.69 Å². The van der Waals surface area contributed by atoms with Gasteiger partial charge in [-0.15, -0.1) is 5.92 Å². The molecule has 1 aliphatic heterocycles. The summed E-state index contributed by atoms with van der Waals surface area (Å²) in [5, 5.41) is 5.28. The van der Waals surface area contributed by atoms with E-state index in [0.29, 0.717) is 24.2 Å². The normalized spacial score (nSPS) is 27.9. The molecule has 4 rings (SSSR count). The number of benzene rings is 1. The molecular formula is C20H22N4O2. The van der Waals surface area contributed by atoms with E-state index in [-0.39, 0.29) is 5.91 Å². The van der Waals surface area contributed by atoms with Crippen molar-refractivity contribution in [3.05, 3.63) is 29.5 Å². The molecule has 3 atom stereocenters. The average Bonchev–Trinajstić information content (AvgIpc) is 3.27. The topological polar surface area (TPSA) is 84.7 Å². The van der Waals surface area contributed by atoms with E-state index in [1.807, 2.05) is 32.0 Å². The molecule has 1 aromatic heterocycles. The van der Waals surface area contributed by atoms with E-state index in [9.17, 15) is 4.79 Å². The summed E-state index contributed by atoms with van der Waals surface area (Å²) in [6, 6.07) is 5.89. The van der Waals surface area contributed by atoms with E-state index >= 15 is 0 Å². The summed E-state index contributed by atoms with van der Waals surface area (Å²) in [4.78, 5) is 18.2. The molecule has 0 saturated heterocycles. The molecule has 1 aromatic carbocycles. The molecular weight excluding hydrogens is 328 g/mol. The van der Waals surface area contributed by atoms with E-state index in [4.69, 9.17) is 10.3 Å². The molecule has 1 amide bonds. The van der Waals surface area contributed by atoms with Gasteiger partial charge < -0.3 is 10.3 Å². The third-order valence-corrected chi connectivity index (χ3v) is 5.59. The number of hydrogen-bond acceptors (Lipinski definition) is 5. The van der Waals surface area contributed by atoms with Crippen LogP contribution in [0.2, 0.25) is 0 Å². The molecule has 2 aliphatic rings. The van der Waals surface area contributed by atoms with Gasteiger partial charge in [0.25, 0.3) is 0 Å². The highest BCUT2D eigenvalue weighted by atomic mass is 16.5. The summed E-state index contributed by atoms with van der Waals surface area (Å²) >= 11 is 0. The van der Waals surface area contributed by atoms with Crippen LogP contribution in [0, 0.1) is 23.7 Å². The number of hydrogen-bond donors (Lipinski definition) is 1. The van der Waals surface area contributed by atoms with E-state index in [2.05, 4.69) is 22.0 Å². The van der Waals surface area contributed by atoms with Crippen molar-refractivity contribution in [2.75, 3.05) is 7.05 Å². The number of rotatable bonds is 3. The third-order valence-electron chi connectivity index (χ3n) is 5.59. The summed E-state index contributed by atoms with van der Waals surface area (Å²) in [5.74, 6) is 7.10. The smallest absolute Gasteiger partial charge is 0.231 e. The molecule has 0 radical (unpaired) electrons. The second kappa shape index (κ2) is 5.87. The molecule has 1 aliphatic carbocycles. The molecule has 0 spiro atoms. The number of amides is 1. The minimum atomic E-state index is -0.420. The Balaban J connectivity index is 1.55. The highest BCUT2D eigenvalue weighted by Gasteiger charge is 2.53. The van der Waals surface area contributed by atoms with Crippen molar-refractivity contribution in [2.24, 2.45) is 22.6 Å². The molecule has 1 fully saturated rings. The standard InChI is InChI=1S/C20H22N4O2/c1-4-5-12-6-7-17-14(8-12)16(23-26-17)10-13-9-15(13)20(2)11-18(25)24(3)19(21)22-20/h6-8,13,15H,9-11H2,1-3H3,(H2,21,22)/t13-,15?,20+/m1/s1. The lowest BCUT2D eigenvalue weighted by Gasteiger charge is -2.33. The summed E-state index contributed by atoms with van der Waals surface area (Å²) in [6.45, 7) is 3.86. The van der Waals surface area contributed by atoms with Crippen LogP contribution in [0.3, 0.4) is 0 Å². The maximum absolute atomic E-state index is 12.2. The number of fused-ring (bicyclic) bond motifs is 1. The van der Waals surface area contributed by atoms with Crippen LogP contribution in [0.25, 0.3) is 11.0 Å². The largest absolute Gasteiger partial charge is 0.369 e. The van der Waals surface area contributed by atoms with Gasteiger partial charge >= 0.3 is 0 Å². The van der Waals surface area contributed by atoms with Crippen molar-refractivity contribution in [1.29, 1.82) is 0 Å². The number of aliphatic imine (C=N–C) groups is 1. The zero-order valence-corrected chi connectivity index (χ0v) is 15.2. The Bertz CT molecular complexity index is 981. The van der Waals surface area contributed by atoms with Gasteiger partial charge in [0.15, 0.2) is 11.5 Å². The SMILES string of the molecule is CC#Cc1ccc2onc(C[C@H]3CC3[C@]3(C)CC(=O)N(C)C(N)=N3)c2c1. The Morgan fingerprint density at radius 2 is 2.27 bits per heavy atom. The van der Waals surface area contributed by atoms with Crippen LogP contribution in [0.1, 0.15) is 37.9 Å². The second-order valence-corrected chi connectivity index (χ2v) is 7.48. The van der Waals surface area contributed by atoms with Gasteiger partial charge in [0.2, 0.25) is 5.91 Å². The maximum atomic E-state index is 12.2. The van der Waals surface area contributed by atoms with Crippen molar-refractivity contribution in [1.82, 2.24) is 10.1 Å². The first kappa shape index (κ1) is 16.6. The lowest BCUT2D eigenvalue weighted by molar-refractivity contribution is -0.128. The van der Waals surface area contributed by atoms with Crippen LogP contribution in [-0.2, 0) is 11.2 Å². The zero-order valence-electron chi connectivity index (χ0n) is 15.2. The first-order valence-electron chi connectivity index (χ1n) is 8.84. The van der Waals surface area contributed by atoms with Gasteiger partial charge in [0.05, 0.1) is 17.7 Å². The highest BCUT2D eigenvalue weighted by molar-refractivity contribution is 5.98. The molecule has 134 valence electrons. The zero-order chi connectivity index (χ0) is 18.5. The van der Waals surface area contributed by atoms with Gasteiger partial charge in [-0.1, -0.05) is 11.1 Å². The van der Waals surface area contributed by atoms with Gasteiger partial charge in [-0.25, -0.2) is 4.99 Å². The predicted octanol–water partition coefficient (Wildman–Crippen LogP) is 2.31. The van der Waals surface area contributed by atoms with Gasteiger partial charge in [-0.2, -0.15) is 0 Å². The van der Waals surface area contributed by atoms with Crippen molar-refractivity contribution in [2.45, 2.75) is 38.6 Å². The van der Waals surface area contributed by atoms with Crippen LogP contribution >= 0.6 is 0 Å². The molecule has 2 heterocycles. The molecule has 0 bridgehead atoms. The van der Waals surface area contributed by atoms with Gasteiger partial charge in [0.1, 0.15) is 0 Å². The summed E-state index contributed by atoms with van der Waals surface area (Å²) in [5.41, 5.74) is 8.20. The van der Waals surface area contributed by atoms with E-state index < -0.39 is 5.54 Å². The fourth-order valence-corrected chi connectivity index (χ4v) is 3.98. The van der Waals surface area contributed by atoms with E-state index in [0.717, 1.165) is 35.1 Å². The molecule has 1 unspecified atom stereocenters. The number of carbonyl (C=O) groups is 1. The average molecular weight is 350 g/mol. The number of carbonyl (C=O) groups excluding carboxylic acids is 1. The number of nitrogens with two attached hydrogens (primary N) is 1. The summed E-state index contributed by atoms with van der Waals surface area (Å²) < 4.78 is 5.46. The van der Waals surface area contributed by atoms with Crippen LogP contribution in [0.15, 0.2) is 27.7 Å². The first-order valence-corrected chi connectivity index (χ1v) is 8.84. The predicted molar refractivity (Wildman–Crippen MR) is 99.3 cm³/mol. The Labute approximate surface area is 152 Å². The Kier molecular flexibility index (Phi) is 3.76. The van der Waals surface area contributed by atoms with Crippen molar-refractivity contribution in [3.8, 4) is 11.8 Å². The van der Waals surface area contributed by atoms with Crippen molar-refractivity contribution in [3.63, 3.8) is 0 Å². The molecule has 6 nitrogen and oxygen atoms in total. The molecule has 2 aromatic rings. The van der Waals surface area contributed by atoms with Gasteiger partial charge in [-0.05, 0) is 56.7 Å². The second-order valence-electron chi connectivity index (χ2n) is 7.48. The van der Waals surface area contributed by atoms with Crippen molar-refractivity contribution < 1.29 is 9.32 Å². The number of guanidine groups is 1. The minimum Gasteiger partial charge on any atom is -0.369 e. The Morgan fingerprint density at radius 3 is 3.00 bits per heavy atom. The Hall–Kier alpha value is -2.81. The van der Waals surface area contributed by atoms with Crippen LogP contribution in [0.4, 0.5) is 0 Å². The fourth-order valence-electron chi connectivity index (χ4n) is 3.98. The van der Waals surface area contributed by atoms with Crippen LogP contribution < -0.4 is 5.73 Å². The van der Waals surface area contributed by atoms with Crippen molar-refractivity contribution >= 4 is 22.8 Å². The molecule has 6 heteroatoms. The third kappa shape index (κ3) is 2.74. The van der Waals surface area contributed by atoms with E-state index in [1.165, 1.54) is 4.90 Å². The number of nitrogens with zero attached hydrogens (tertiary/aromatic N) is 3. The quantitative estimate of drug-likeness (QED) is 0.861. The number of aromatic nitrogens is 1. The molecule has 1 saturated carbocycles. The fraction of sp³-hybridized carbons (Fsp3) is 0.450. The maximum Gasteiger partial charge on any atom is 0.231 e. The minimum absolute atomic E-state index is 0.0281. The molecule has 2 N–H and O–H groups in total. The first-order chi connectivity index (χ1) is 12.4. The molecule has 26 heavy (non-hydrogen) atoms.